The van der Waals surface area contributed by atoms with Gasteiger partial charge in [-0.15, -0.1) is 6.58 Å². The number of aliphatic hydroxyl groups is 1. The molecule has 1 aliphatic rings. The summed E-state index contributed by atoms with van der Waals surface area (Å²) < 4.78 is 0. The largest absolute Gasteiger partial charge is 0.384 e. The lowest BCUT2D eigenvalue weighted by atomic mass is 9.93. The predicted octanol–water partition coefficient (Wildman–Crippen LogP) is 3.07. The molecule has 1 N–H and O–H groups in total. The zero-order valence-electron chi connectivity index (χ0n) is 9.50. The van der Waals surface area contributed by atoms with Crippen molar-refractivity contribution in [2.24, 2.45) is 0 Å². The van der Waals surface area contributed by atoms with Crippen molar-refractivity contribution < 1.29 is 5.11 Å². The zero-order chi connectivity index (χ0) is 12.5. The minimum Gasteiger partial charge on any atom is -0.384 e. The lowest BCUT2D eigenvalue weighted by Gasteiger charge is -2.25. The highest BCUT2D eigenvalue weighted by Gasteiger charge is 2.38. The van der Waals surface area contributed by atoms with E-state index >= 15 is 0 Å². The van der Waals surface area contributed by atoms with E-state index in [1.165, 1.54) is 0 Å². The first-order valence-electron chi connectivity index (χ1n) is 5.57. The van der Waals surface area contributed by atoms with Gasteiger partial charge in [-0.05, 0) is 12.5 Å². The van der Waals surface area contributed by atoms with E-state index in [1.807, 2.05) is 18.2 Å². The monoisotopic (exact) mass is 271 g/mol. The van der Waals surface area contributed by atoms with Crippen LogP contribution in [-0.4, -0.2) is 29.6 Å². The van der Waals surface area contributed by atoms with Crippen molar-refractivity contribution >= 4 is 23.2 Å². The topological polar surface area (TPSA) is 23.5 Å². The van der Waals surface area contributed by atoms with Crippen molar-refractivity contribution in [3.8, 4) is 0 Å². The molecule has 1 aromatic carbocycles. The molecule has 0 aromatic heterocycles. The Labute approximate surface area is 111 Å². The minimum atomic E-state index is -0.898. The van der Waals surface area contributed by atoms with Gasteiger partial charge in [0.2, 0.25) is 0 Å². The molecule has 0 radical (unpaired) electrons. The van der Waals surface area contributed by atoms with Crippen LogP contribution in [0.5, 0.6) is 0 Å². The molecule has 1 atom stereocenters. The maximum absolute atomic E-state index is 10.6. The lowest BCUT2D eigenvalue weighted by Crippen LogP contribution is -2.31. The first-order valence-corrected chi connectivity index (χ1v) is 6.32. The van der Waals surface area contributed by atoms with Gasteiger partial charge in [0.05, 0.1) is 10.0 Å². The number of hydrogen-bond donors (Lipinski definition) is 1. The van der Waals surface area contributed by atoms with Crippen LogP contribution in [0, 0.1) is 0 Å². The molecule has 0 bridgehead atoms. The van der Waals surface area contributed by atoms with Gasteiger partial charge in [-0.3, -0.25) is 4.90 Å². The Kier molecular flexibility index (Phi) is 3.79. The molecule has 0 saturated carbocycles. The molecule has 1 heterocycles. The number of benzene rings is 1. The second kappa shape index (κ2) is 4.99. The van der Waals surface area contributed by atoms with Gasteiger partial charge in [0.15, 0.2) is 0 Å². The van der Waals surface area contributed by atoms with Crippen LogP contribution >= 0.6 is 23.2 Å². The Morgan fingerprint density at radius 3 is 2.94 bits per heavy atom. The van der Waals surface area contributed by atoms with Crippen molar-refractivity contribution in [2.45, 2.75) is 12.0 Å². The fraction of sp³-hybridized carbons (Fsp3) is 0.385. The van der Waals surface area contributed by atoms with E-state index in [1.54, 1.807) is 6.07 Å². The van der Waals surface area contributed by atoms with Crippen LogP contribution in [0.3, 0.4) is 0 Å². The molecule has 1 fully saturated rings. The van der Waals surface area contributed by atoms with Crippen LogP contribution in [0.4, 0.5) is 0 Å². The molecule has 1 aromatic rings. The van der Waals surface area contributed by atoms with E-state index in [-0.39, 0.29) is 0 Å². The van der Waals surface area contributed by atoms with Crippen LogP contribution in [0.2, 0.25) is 10.0 Å². The van der Waals surface area contributed by atoms with Gasteiger partial charge < -0.3 is 5.11 Å². The summed E-state index contributed by atoms with van der Waals surface area (Å²) >= 11 is 12.1. The lowest BCUT2D eigenvalue weighted by molar-refractivity contribution is 0.0475. The van der Waals surface area contributed by atoms with Gasteiger partial charge in [-0.1, -0.05) is 41.4 Å². The van der Waals surface area contributed by atoms with E-state index in [4.69, 9.17) is 23.2 Å². The second-order valence-electron chi connectivity index (χ2n) is 4.41. The maximum Gasteiger partial charge on any atom is 0.105 e. The number of likely N-dealkylation sites (tertiary alicyclic amines) is 1. The summed E-state index contributed by atoms with van der Waals surface area (Å²) in [6.45, 7) is 5.89. The third-order valence-electron chi connectivity index (χ3n) is 3.17. The fourth-order valence-corrected chi connectivity index (χ4v) is 2.77. The molecule has 92 valence electrons. The Morgan fingerprint density at radius 2 is 2.24 bits per heavy atom. The molecule has 4 heteroatoms. The summed E-state index contributed by atoms with van der Waals surface area (Å²) in [5.41, 5.74) is -0.177. The molecule has 0 amide bonds. The molecule has 1 unspecified atom stereocenters. The molecule has 2 nitrogen and oxygen atoms in total. The van der Waals surface area contributed by atoms with Crippen molar-refractivity contribution in [1.82, 2.24) is 4.90 Å². The summed E-state index contributed by atoms with van der Waals surface area (Å²) in [5.74, 6) is 0. The zero-order valence-corrected chi connectivity index (χ0v) is 11.0. The predicted molar refractivity (Wildman–Crippen MR) is 71.6 cm³/mol. The molecule has 0 aliphatic carbocycles. The number of hydrogen-bond acceptors (Lipinski definition) is 2. The number of halogens is 2. The normalized spacial score (nSPS) is 25.1. The molecule has 1 saturated heterocycles. The minimum absolute atomic E-state index is 0.456. The Balaban J connectivity index is 2.27. The van der Waals surface area contributed by atoms with Crippen molar-refractivity contribution in [1.29, 1.82) is 0 Å². The Bertz CT molecular complexity index is 435. The molecular weight excluding hydrogens is 257 g/mol. The van der Waals surface area contributed by atoms with Crippen molar-refractivity contribution in [2.75, 3.05) is 19.6 Å². The average Bonchev–Trinajstić information content (AvgIpc) is 2.66. The van der Waals surface area contributed by atoms with Crippen LogP contribution < -0.4 is 0 Å². The standard InChI is InChI=1S/C13H15Cl2NO/c1-2-7-16-8-6-13(17,9-16)10-4-3-5-11(14)12(10)15/h2-5,17H,1,6-9H2. The van der Waals surface area contributed by atoms with E-state index in [0.717, 1.165) is 18.7 Å². The second-order valence-corrected chi connectivity index (χ2v) is 5.19. The van der Waals surface area contributed by atoms with Crippen LogP contribution in [-0.2, 0) is 5.60 Å². The molecule has 0 spiro atoms. The first-order chi connectivity index (χ1) is 8.07. The van der Waals surface area contributed by atoms with Gasteiger partial charge in [-0.2, -0.15) is 0 Å². The van der Waals surface area contributed by atoms with Crippen LogP contribution in [0.25, 0.3) is 0 Å². The number of β-amino-alcohol motifs (C(OH)–C–C–N with tert-alkyl or cyclic N) is 1. The highest BCUT2D eigenvalue weighted by molar-refractivity contribution is 6.42. The van der Waals surface area contributed by atoms with E-state index in [9.17, 15) is 5.11 Å². The molecule has 1 aliphatic heterocycles. The molecular formula is C13H15Cl2NO. The van der Waals surface area contributed by atoms with Crippen molar-refractivity contribution in [3.05, 3.63) is 46.5 Å². The maximum atomic E-state index is 10.6. The highest BCUT2D eigenvalue weighted by Crippen LogP contribution is 2.38. The Morgan fingerprint density at radius 1 is 1.47 bits per heavy atom. The summed E-state index contributed by atoms with van der Waals surface area (Å²) in [5, 5.41) is 11.6. The van der Waals surface area contributed by atoms with E-state index in [0.29, 0.717) is 23.0 Å². The fourth-order valence-electron chi connectivity index (χ4n) is 2.29. The summed E-state index contributed by atoms with van der Waals surface area (Å²) in [6, 6.07) is 5.39. The van der Waals surface area contributed by atoms with Gasteiger partial charge in [0, 0.05) is 25.2 Å². The van der Waals surface area contributed by atoms with Gasteiger partial charge in [0.1, 0.15) is 5.60 Å². The first kappa shape index (κ1) is 12.9. The van der Waals surface area contributed by atoms with Gasteiger partial charge >= 0.3 is 0 Å². The Hall–Kier alpha value is -0.540. The van der Waals surface area contributed by atoms with Crippen molar-refractivity contribution in [3.63, 3.8) is 0 Å². The van der Waals surface area contributed by atoms with Crippen LogP contribution in [0.15, 0.2) is 30.9 Å². The van der Waals surface area contributed by atoms with E-state index < -0.39 is 5.60 Å². The highest BCUT2D eigenvalue weighted by atomic mass is 35.5. The summed E-state index contributed by atoms with van der Waals surface area (Å²) in [7, 11) is 0. The molecule has 17 heavy (non-hydrogen) atoms. The SMILES string of the molecule is C=CCN1CCC(O)(c2cccc(Cl)c2Cl)C1. The summed E-state index contributed by atoms with van der Waals surface area (Å²) in [4.78, 5) is 2.14. The number of rotatable bonds is 3. The summed E-state index contributed by atoms with van der Waals surface area (Å²) in [6.07, 6.45) is 2.51. The van der Waals surface area contributed by atoms with Gasteiger partial charge in [-0.25, -0.2) is 0 Å². The smallest absolute Gasteiger partial charge is 0.105 e. The quantitative estimate of drug-likeness (QED) is 0.855. The average molecular weight is 272 g/mol. The van der Waals surface area contributed by atoms with E-state index in [2.05, 4.69) is 11.5 Å². The third-order valence-corrected chi connectivity index (χ3v) is 3.99. The van der Waals surface area contributed by atoms with Gasteiger partial charge in [0.25, 0.3) is 0 Å². The number of nitrogens with zero attached hydrogens (tertiary/aromatic N) is 1. The molecule has 2 rings (SSSR count). The third kappa shape index (κ3) is 2.50. The van der Waals surface area contributed by atoms with Crippen LogP contribution in [0.1, 0.15) is 12.0 Å².